The Balaban J connectivity index is 1.71. The zero-order chi connectivity index (χ0) is 13.9. The SMILES string of the molecule is Cc1c(C(=O)NCCc2cnc[nH]2)oc2ccccc12. The third kappa shape index (κ3) is 2.30. The number of fused-ring (bicyclic) bond motifs is 1. The number of benzene rings is 1. The van der Waals surface area contributed by atoms with Gasteiger partial charge in [-0.3, -0.25) is 4.79 Å². The van der Waals surface area contributed by atoms with E-state index in [1.54, 1.807) is 12.5 Å². The fourth-order valence-electron chi connectivity index (χ4n) is 2.20. The summed E-state index contributed by atoms with van der Waals surface area (Å²) in [5, 5.41) is 3.84. The predicted octanol–water partition coefficient (Wildman–Crippen LogP) is 2.44. The Hall–Kier alpha value is -2.56. The van der Waals surface area contributed by atoms with Crippen LogP contribution >= 0.6 is 0 Å². The number of nitrogens with one attached hydrogen (secondary N) is 2. The van der Waals surface area contributed by atoms with Crippen molar-refractivity contribution in [3.63, 3.8) is 0 Å². The number of nitrogens with zero attached hydrogens (tertiary/aromatic N) is 1. The lowest BCUT2D eigenvalue weighted by molar-refractivity contribution is 0.0927. The Morgan fingerprint density at radius 3 is 3.00 bits per heavy atom. The topological polar surface area (TPSA) is 70.9 Å². The van der Waals surface area contributed by atoms with Crippen LogP contribution in [0.5, 0.6) is 0 Å². The van der Waals surface area contributed by atoms with E-state index < -0.39 is 0 Å². The molecule has 0 aliphatic heterocycles. The largest absolute Gasteiger partial charge is 0.451 e. The summed E-state index contributed by atoms with van der Waals surface area (Å²) < 4.78 is 5.62. The van der Waals surface area contributed by atoms with Crippen LogP contribution in [0.3, 0.4) is 0 Å². The minimum atomic E-state index is -0.182. The standard InChI is InChI=1S/C15H15N3O2/c1-10-12-4-2-3-5-13(12)20-14(10)15(19)17-7-6-11-8-16-9-18-11/h2-5,8-9H,6-7H2,1H3,(H,16,18)(H,17,19). The van der Waals surface area contributed by atoms with Crippen LogP contribution in [-0.2, 0) is 6.42 Å². The van der Waals surface area contributed by atoms with E-state index in [0.717, 1.165) is 22.2 Å². The monoisotopic (exact) mass is 269 g/mol. The lowest BCUT2D eigenvalue weighted by atomic mass is 10.1. The molecule has 0 radical (unpaired) electrons. The summed E-state index contributed by atoms with van der Waals surface area (Å²) in [6.07, 6.45) is 4.09. The van der Waals surface area contributed by atoms with Crippen molar-refractivity contribution in [3.05, 3.63) is 53.8 Å². The molecule has 0 aliphatic carbocycles. The van der Waals surface area contributed by atoms with Gasteiger partial charge in [-0.25, -0.2) is 4.98 Å². The molecule has 5 heteroatoms. The minimum absolute atomic E-state index is 0.182. The average Bonchev–Trinajstić information content (AvgIpc) is 3.08. The van der Waals surface area contributed by atoms with Crippen LogP contribution in [-0.4, -0.2) is 22.4 Å². The lowest BCUT2D eigenvalue weighted by Crippen LogP contribution is -2.25. The van der Waals surface area contributed by atoms with Gasteiger partial charge in [0.15, 0.2) is 5.76 Å². The molecule has 0 atom stereocenters. The van der Waals surface area contributed by atoms with E-state index in [9.17, 15) is 4.79 Å². The minimum Gasteiger partial charge on any atom is -0.451 e. The first-order valence-corrected chi connectivity index (χ1v) is 6.49. The Morgan fingerprint density at radius 2 is 2.25 bits per heavy atom. The van der Waals surface area contributed by atoms with Crippen LogP contribution in [0.25, 0.3) is 11.0 Å². The summed E-state index contributed by atoms with van der Waals surface area (Å²) >= 11 is 0. The number of amides is 1. The number of para-hydroxylation sites is 1. The van der Waals surface area contributed by atoms with Crippen molar-refractivity contribution in [2.24, 2.45) is 0 Å². The van der Waals surface area contributed by atoms with Crippen molar-refractivity contribution in [1.82, 2.24) is 15.3 Å². The number of furan rings is 1. The van der Waals surface area contributed by atoms with E-state index >= 15 is 0 Å². The first kappa shape index (κ1) is 12.5. The summed E-state index contributed by atoms with van der Waals surface area (Å²) in [4.78, 5) is 19.1. The van der Waals surface area contributed by atoms with Crippen LogP contribution < -0.4 is 5.32 Å². The summed E-state index contributed by atoms with van der Waals surface area (Å²) in [5.41, 5.74) is 2.61. The molecule has 0 bridgehead atoms. The molecule has 0 saturated heterocycles. The number of aromatic nitrogens is 2. The summed E-state index contributed by atoms with van der Waals surface area (Å²) in [6, 6.07) is 7.65. The third-order valence-electron chi connectivity index (χ3n) is 3.28. The van der Waals surface area contributed by atoms with Crippen molar-refractivity contribution in [1.29, 1.82) is 0 Å². The van der Waals surface area contributed by atoms with Crippen LogP contribution in [0, 0.1) is 6.92 Å². The van der Waals surface area contributed by atoms with Crippen molar-refractivity contribution in [2.45, 2.75) is 13.3 Å². The number of carbonyl (C=O) groups is 1. The Kier molecular flexibility index (Phi) is 3.25. The number of aryl methyl sites for hydroxylation is 1. The number of carbonyl (C=O) groups excluding carboxylic acids is 1. The molecule has 0 aliphatic rings. The summed E-state index contributed by atoms with van der Waals surface area (Å²) in [6.45, 7) is 2.44. The van der Waals surface area contributed by atoms with Gasteiger partial charge >= 0.3 is 0 Å². The second-order valence-corrected chi connectivity index (χ2v) is 4.64. The van der Waals surface area contributed by atoms with E-state index in [2.05, 4.69) is 15.3 Å². The van der Waals surface area contributed by atoms with Crippen LogP contribution in [0.2, 0.25) is 0 Å². The molecule has 3 aromatic rings. The van der Waals surface area contributed by atoms with Gasteiger partial charge in [-0.1, -0.05) is 18.2 Å². The second-order valence-electron chi connectivity index (χ2n) is 4.64. The van der Waals surface area contributed by atoms with Crippen molar-refractivity contribution in [2.75, 3.05) is 6.54 Å². The van der Waals surface area contributed by atoms with Crippen LogP contribution in [0.4, 0.5) is 0 Å². The Labute approximate surface area is 116 Å². The van der Waals surface area contributed by atoms with Crippen molar-refractivity contribution >= 4 is 16.9 Å². The first-order chi connectivity index (χ1) is 9.75. The maximum Gasteiger partial charge on any atom is 0.287 e. The fourth-order valence-corrected chi connectivity index (χ4v) is 2.20. The maximum absolute atomic E-state index is 12.1. The molecule has 2 N–H and O–H groups in total. The van der Waals surface area contributed by atoms with E-state index in [4.69, 9.17) is 4.42 Å². The smallest absolute Gasteiger partial charge is 0.287 e. The summed E-state index contributed by atoms with van der Waals surface area (Å²) in [5.74, 6) is 0.203. The number of H-pyrrole nitrogens is 1. The first-order valence-electron chi connectivity index (χ1n) is 6.49. The van der Waals surface area contributed by atoms with Gasteiger partial charge in [0.25, 0.3) is 5.91 Å². The van der Waals surface area contributed by atoms with Gasteiger partial charge in [0.1, 0.15) is 5.58 Å². The highest BCUT2D eigenvalue weighted by Gasteiger charge is 2.16. The molecule has 3 rings (SSSR count). The number of hydrogen-bond acceptors (Lipinski definition) is 3. The molecule has 0 saturated carbocycles. The fraction of sp³-hybridized carbons (Fsp3) is 0.200. The molecule has 2 aromatic heterocycles. The number of rotatable bonds is 4. The van der Waals surface area contributed by atoms with Gasteiger partial charge in [0.05, 0.1) is 6.33 Å². The molecule has 20 heavy (non-hydrogen) atoms. The van der Waals surface area contributed by atoms with Gasteiger partial charge in [-0.05, 0) is 13.0 Å². The highest BCUT2D eigenvalue weighted by Crippen LogP contribution is 2.24. The van der Waals surface area contributed by atoms with E-state index in [1.807, 2.05) is 31.2 Å². The highest BCUT2D eigenvalue weighted by molar-refractivity contribution is 5.98. The third-order valence-corrected chi connectivity index (χ3v) is 3.28. The van der Waals surface area contributed by atoms with E-state index in [-0.39, 0.29) is 5.91 Å². The van der Waals surface area contributed by atoms with Crippen LogP contribution in [0.1, 0.15) is 21.8 Å². The molecule has 1 aromatic carbocycles. The predicted molar refractivity (Wildman–Crippen MR) is 75.6 cm³/mol. The molecule has 0 unspecified atom stereocenters. The zero-order valence-corrected chi connectivity index (χ0v) is 11.1. The van der Waals surface area contributed by atoms with Gasteiger partial charge < -0.3 is 14.7 Å². The Bertz CT molecular complexity index is 729. The van der Waals surface area contributed by atoms with Gasteiger partial charge in [-0.15, -0.1) is 0 Å². The molecular formula is C15H15N3O2. The molecule has 1 amide bonds. The number of imidazole rings is 1. The molecule has 2 heterocycles. The van der Waals surface area contributed by atoms with E-state index in [0.29, 0.717) is 18.7 Å². The Morgan fingerprint density at radius 1 is 1.40 bits per heavy atom. The van der Waals surface area contributed by atoms with Gasteiger partial charge in [0.2, 0.25) is 0 Å². The average molecular weight is 269 g/mol. The lowest BCUT2D eigenvalue weighted by Gasteiger charge is -2.02. The van der Waals surface area contributed by atoms with Crippen molar-refractivity contribution < 1.29 is 9.21 Å². The summed E-state index contributed by atoms with van der Waals surface area (Å²) in [7, 11) is 0. The molecular weight excluding hydrogens is 254 g/mol. The van der Waals surface area contributed by atoms with E-state index in [1.165, 1.54) is 0 Å². The van der Waals surface area contributed by atoms with Gasteiger partial charge in [0, 0.05) is 35.8 Å². The zero-order valence-electron chi connectivity index (χ0n) is 11.1. The van der Waals surface area contributed by atoms with Crippen LogP contribution in [0.15, 0.2) is 41.2 Å². The molecule has 5 nitrogen and oxygen atoms in total. The molecule has 0 fully saturated rings. The van der Waals surface area contributed by atoms with Crippen molar-refractivity contribution in [3.8, 4) is 0 Å². The quantitative estimate of drug-likeness (QED) is 0.764. The maximum atomic E-state index is 12.1. The normalized spacial score (nSPS) is 10.8. The number of aromatic amines is 1. The molecule has 0 spiro atoms. The van der Waals surface area contributed by atoms with Gasteiger partial charge in [-0.2, -0.15) is 0 Å². The second kappa shape index (κ2) is 5.21. The highest BCUT2D eigenvalue weighted by atomic mass is 16.3. The number of hydrogen-bond donors (Lipinski definition) is 2. The molecule has 102 valence electrons.